The van der Waals surface area contributed by atoms with E-state index < -0.39 is 0 Å². The van der Waals surface area contributed by atoms with Crippen molar-refractivity contribution < 1.29 is 19.0 Å². The predicted octanol–water partition coefficient (Wildman–Crippen LogP) is 2.49. The molecule has 5 heteroatoms. The highest BCUT2D eigenvalue weighted by atomic mass is 16.7. The summed E-state index contributed by atoms with van der Waals surface area (Å²) in [6.45, 7) is 3.13. The van der Waals surface area contributed by atoms with Gasteiger partial charge in [-0.3, -0.25) is 4.79 Å². The summed E-state index contributed by atoms with van der Waals surface area (Å²) >= 11 is 0. The third-order valence-corrected chi connectivity index (χ3v) is 3.96. The summed E-state index contributed by atoms with van der Waals surface area (Å²) in [4.78, 5) is 12.2. The smallest absolute Gasteiger partial charge is 0.251 e. The van der Waals surface area contributed by atoms with Crippen LogP contribution in [0.25, 0.3) is 0 Å². The molecule has 1 aromatic carbocycles. The van der Waals surface area contributed by atoms with Crippen molar-refractivity contribution in [3.8, 4) is 11.5 Å². The van der Waals surface area contributed by atoms with Crippen LogP contribution in [-0.4, -0.2) is 31.5 Å². The van der Waals surface area contributed by atoms with Gasteiger partial charge in [-0.15, -0.1) is 0 Å². The van der Waals surface area contributed by atoms with Gasteiger partial charge in [-0.2, -0.15) is 0 Å². The third kappa shape index (κ3) is 3.47. The highest BCUT2D eigenvalue weighted by molar-refractivity contribution is 5.95. The first-order valence-electron chi connectivity index (χ1n) is 7.54. The summed E-state index contributed by atoms with van der Waals surface area (Å²) < 4.78 is 16.1. The van der Waals surface area contributed by atoms with Gasteiger partial charge >= 0.3 is 0 Å². The van der Waals surface area contributed by atoms with Crippen LogP contribution in [0.3, 0.4) is 0 Å². The Labute approximate surface area is 124 Å². The fraction of sp³-hybridized carbons (Fsp3) is 0.562. The van der Waals surface area contributed by atoms with E-state index in [4.69, 9.17) is 14.2 Å². The van der Waals surface area contributed by atoms with E-state index in [1.54, 1.807) is 18.2 Å². The van der Waals surface area contributed by atoms with E-state index in [0.29, 0.717) is 23.2 Å². The van der Waals surface area contributed by atoms with Gasteiger partial charge in [0.2, 0.25) is 6.79 Å². The van der Waals surface area contributed by atoms with Crippen LogP contribution in [0.4, 0.5) is 0 Å². The predicted molar refractivity (Wildman–Crippen MR) is 77.7 cm³/mol. The summed E-state index contributed by atoms with van der Waals surface area (Å²) in [5.41, 5.74) is 0.600. The van der Waals surface area contributed by atoms with Crippen LogP contribution >= 0.6 is 0 Å². The molecule has 2 heterocycles. The van der Waals surface area contributed by atoms with Crippen LogP contribution in [0.5, 0.6) is 11.5 Å². The zero-order chi connectivity index (χ0) is 14.7. The number of nitrogens with one attached hydrogen (secondary N) is 1. The van der Waals surface area contributed by atoms with Crippen LogP contribution in [0.2, 0.25) is 0 Å². The molecule has 114 valence electrons. The van der Waals surface area contributed by atoms with Gasteiger partial charge in [-0.1, -0.05) is 0 Å². The molecule has 3 rings (SSSR count). The largest absolute Gasteiger partial charge is 0.454 e. The lowest BCUT2D eigenvalue weighted by molar-refractivity contribution is 0.0899. The quantitative estimate of drug-likeness (QED) is 0.905. The molecule has 21 heavy (non-hydrogen) atoms. The average Bonchev–Trinajstić information content (AvgIpc) is 3.15. The van der Waals surface area contributed by atoms with E-state index >= 15 is 0 Å². The Morgan fingerprint density at radius 3 is 3.05 bits per heavy atom. The topological polar surface area (TPSA) is 56.8 Å². The lowest BCUT2D eigenvalue weighted by Gasteiger charge is -2.16. The Hall–Kier alpha value is -1.75. The van der Waals surface area contributed by atoms with Gasteiger partial charge in [0.1, 0.15) is 0 Å². The number of hydrogen-bond acceptors (Lipinski definition) is 4. The number of hydrogen-bond donors (Lipinski definition) is 1. The van der Waals surface area contributed by atoms with Crippen molar-refractivity contribution in [1.29, 1.82) is 0 Å². The maximum Gasteiger partial charge on any atom is 0.251 e. The summed E-state index contributed by atoms with van der Waals surface area (Å²) in [5.74, 6) is 1.25. The molecule has 0 aromatic heterocycles. The van der Waals surface area contributed by atoms with Crippen LogP contribution in [0.1, 0.15) is 43.0 Å². The fourth-order valence-electron chi connectivity index (χ4n) is 2.72. The molecular formula is C16H21NO4. The van der Waals surface area contributed by atoms with Crippen LogP contribution in [0.15, 0.2) is 18.2 Å². The average molecular weight is 291 g/mol. The lowest BCUT2D eigenvalue weighted by atomic mass is 10.1. The molecular weight excluding hydrogens is 270 g/mol. The molecule has 5 nitrogen and oxygen atoms in total. The minimum absolute atomic E-state index is 0.0758. The number of ether oxygens (including phenoxy) is 3. The first kappa shape index (κ1) is 14.2. The highest BCUT2D eigenvalue weighted by Crippen LogP contribution is 2.32. The van der Waals surface area contributed by atoms with E-state index in [2.05, 4.69) is 5.32 Å². The van der Waals surface area contributed by atoms with Gasteiger partial charge in [0.05, 0.1) is 6.10 Å². The SMILES string of the molecule is C[C@H](CC[C@H]1CCCO1)NC(=O)c1ccc2c(c1)OCO2. The molecule has 2 aliphatic rings. The van der Waals surface area contributed by atoms with Gasteiger partial charge in [-0.25, -0.2) is 0 Å². The summed E-state index contributed by atoms with van der Waals surface area (Å²) in [6.07, 6.45) is 4.60. The number of amides is 1. The Kier molecular flexibility index (Phi) is 4.29. The maximum atomic E-state index is 12.2. The van der Waals surface area contributed by atoms with E-state index in [-0.39, 0.29) is 18.7 Å². The van der Waals surface area contributed by atoms with E-state index in [1.165, 1.54) is 0 Å². The molecule has 0 radical (unpaired) electrons. The first-order chi connectivity index (χ1) is 10.2. The number of benzene rings is 1. The van der Waals surface area contributed by atoms with Crippen molar-refractivity contribution in [2.45, 2.75) is 44.8 Å². The Morgan fingerprint density at radius 1 is 1.38 bits per heavy atom. The molecule has 0 aliphatic carbocycles. The fourth-order valence-corrected chi connectivity index (χ4v) is 2.72. The summed E-state index contributed by atoms with van der Waals surface area (Å²) in [5, 5.41) is 3.02. The Balaban J connectivity index is 1.50. The van der Waals surface area contributed by atoms with Crippen molar-refractivity contribution in [1.82, 2.24) is 5.32 Å². The van der Waals surface area contributed by atoms with Gasteiger partial charge in [0.25, 0.3) is 5.91 Å². The molecule has 1 N–H and O–H groups in total. The van der Waals surface area contributed by atoms with Gasteiger partial charge in [-0.05, 0) is 50.8 Å². The second-order valence-corrected chi connectivity index (χ2v) is 5.65. The maximum absolute atomic E-state index is 12.2. The number of carbonyl (C=O) groups excluding carboxylic acids is 1. The summed E-state index contributed by atoms with van der Waals surface area (Å²) in [6, 6.07) is 5.39. The van der Waals surface area contributed by atoms with Crippen LogP contribution in [-0.2, 0) is 4.74 Å². The zero-order valence-corrected chi connectivity index (χ0v) is 12.3. The van der Waals surface area contributed by atoms with Crippen LogP contribution < -0.4 is 14.8 Å². The third-order valence-electron chi connectivity index (χ3n) is 3.96. The standard InChI is InChI=1S/C16H21NO4/c1-11(4-6-13-3-2-8-19-13)17-16(18)12-5-7-14-15(9-12)21-10-20-14/h5,7,9,11,13H,2-4,6,8,10H2,1H3,(H,17,18)/t11-,13-/m1/s1. The molecule has 1 saturated heterocycles. The number of rotatable bonds is 5. The number of fused-ring (bicyclic) bond motifs is 1. The van der Waals surface area contributed by atoms with E-state index in [1.807, 2.05) is 6.92 Å². The highest BCUT2D eigenvalue weighted by Gasteiger charge is 2.19. The van der Waals surface area contributed by atoms with Gasteiger partial charge in [0, 0.05) is 18.2 Å². The van der Waals surface area contributed by atoms with E-state index in [0.717, 1.165) is 32.3 Å². The second-order valence-electron chi connectivity index (χ2n) is 5.65. The molecule has 1 fully saturated rings. The molecule has 0 saturated carbocycles. The molecule has 1 amide bonds. The monoisotopic (exact) mass is 291 g/mol. The normalized spacial score (nSPS) is 21.3. The molecule has 0 unspecified atom stereocenters. The summed E-state index contributed by atoms with van der Waals surface area (Å²) in [7, 11) is 0. The molecule has 2 atom stereocenters. The first-order valence-corrected chi connectivity index (χ1v) is 7.54. The number of carbonyl (C=O) groups is 1. The van der Waals surface area contributed by atoms with Gasteiger partial charge in [0.15, 0.2) is 11.5 Å². The lowest BCUT2D eigenvalue weighted by Crippen LogP contribution is -2.33. The Morgan fingerprint density at radius 2 is 2.24 bits per heavy atom. The zero-order valence-electron chi connectivity index (χ0n) is 12.3. The van der Waals surface area contributed by atoms with Crippen molar-refractivity contribution in [3.63, 3.8) is 0 Å². The van der Waals surface area contributed by atoms with E-state index in [9.17, 15) is 4.79 Å². The molecule has 1 aromatic rings. The second kappa shape index (κ2) is 6.35. The van der Waals surface area contributed by atoms with Gasteiger partial charge < -0.3 is 19.5 Å². The van der Waals surface area contributed by atoms with Crippen molar-refractivity contribution in [3.05, 3.63) is 23.8 Å². The Bertz CT molecular complexity index is 511. The molecule has 0 spiro atoms. The minimum Gasteiger partial charge on any atom is -0.454 e. The van der Waals surface area contributed by atoms with Crippen LogP contribution in [0, 0.1) is 0 Å². The van der Waals surface area contributed by atoms with Crippen molar-refractivity contribution >= 4 is 5.91 Å². The van der Waals surface area contributed by atoms with Crippen molar-refractivity contribution in [2.75, 3.05) is 13.4 Å². The molecule has 2 aliphatic heterocycles. The van der Waals surface area contributed by atoms with Crippen molar-refractivity contribution in [2.24, 2.45) is 0 Å². The minimum atomic E-state index is -0.0758. The molecule has 0 bridgehead atoms.